The van der Waals surface area contributed by atoms with E-state index in [4.69, 9.17) is 17.3 Å². The van der Waals surface area contributed by atoms with Crippen molar-refractivity contribution in [1.82, 2.24) is 4.72 Å². The summed E-state index contributed by atoms with van der Waals surface area (Å²) in [6.45, 7) is -0.491. The summed E-state index contributed by atoms with van der Waals surface area (Å²) in [6.07, 6.45) is -6.01. The highest BCUT2D eigenvalue weighted by molar-refractivity contribution is 9.10. The zero-order chi connectivity index (χ0) is 16.4. The SMILES string of the molecule is Nc1c(F)c(S(=O)(=O)NCCCC(F)(F)F)cc(Cl)c1Br. The lowest BCUT2D eigenvalue weighted by Gasteiger charge is -2.11. The average molecular weight is 414 g/mol. The van der Waals surface area contributed by atoms with Gasteiger partial charge in [0.2, 0.25) is 10.0 Å². The Morgan fingerprint density at radius 3 is 2.48 bits per heavy atom. The van der Waals surface area contributed by atoms with Crippen LogP contribution >= 0.6 is 27.5 Å². The molecule has 0 aliphatic heterocycles. The number of anilines is 1. The Morgan fingerprint density at radius 1 is 1.38 bits per heavy atom. The van der Waals surface area contributed by atoms with Gasteiger partial charge in [0.25, 0.3) is 0 Å². The number of hydrogen-bond acceptors (Lipinski definition) is 3. The van der Waals surface area contributed by atoms with Crippen molar-refractivity contribution in [1.29, 1.82) is 0 Å². The Kier molecular flexibility index (Phi) is 5.87. The van der Waals surface area contributed by atoms with Gasteiger partial charge in [-0.15, -0.1) is 0 Å². The molecule has 0 spiro atoms. The lowest BCUT2D eigenvalue weighted by molar-refractivity contribution is -0.135. The van der Waals surface area contributed by atoms with Gasteiger partial charge in [-0.3, -0.25) is 0 Å². The largest absolute Gasteiger partial charge is 0.395 e. The van der Waals surface area contributed by atoms with Crippen molar-refractivity contribution in [2.45, 2.75) is 23.9 Å². The first-order valence-electron chi connectivity index (χ1n) is 5.45. The Labute approximate surface area is 131 Å². The zero-order valence-electron chi connectivity index (χ0n) is 10.3. The third-order valence-corrected chi connectivity index (χ3v) is 5.22. The molecule has 0 fully saturated rings. The summed E-state index contributed by atoms with van der Waals surface area (Å²) in [6, 6.07) is 0.823. The van der Waals surface area contributed by atoms with Gasteiger partial charge in [-0.1, -0.05) is 11.6 Å². The summed E-state index contributed by atoms with van der Waals surface area (Å²) in [5, 5.41) is -0.135. The van der Waals surface area contributed by atoms with Crippen LogP contribution in [0.5, 0.6) is 0 Å². The molecule has 0 amide bonds. The summed E-state index contributed by atoms with van der Waals surface area (Å²) in [7, 11) is -4.35. The van der Waals surface area contributed by atoms with Crippen molar-refractivity contribution < 1.29 is 26.0 Å². The maximum atomic E-state index is 13.8. The minimum atomic E-state index is -4.39. The molecule has 1 aromatic rings. The molecule has 0 aromatic heterocycles. The fourth-order valence-electron chi connectivity index (χ4n) is 1.37. The van der Waals surface area contributed by atoms with Gasteiger partial charge in [-0.05, 0) is 28.4 Å². The predicted octanol–water partition coefficient (Wildman–Crippen LogP) is 3.44. The first-order chi connectivity index (χ1) is 9.46. The Hall–Kier alpha value is -0.580. The third kappa shape index (κ3) is 4.97. The maximum Gasteiger partial charge on any atom is 0.389 e. The first-order valence-corrected chi connectivity index (χ1v) is 8.10. The fourth-order valence-corrected chi connectivity index (χ4v) is 3.12. The molecule has 4 nitrogen and oxygen atoms in total. The average Bonchev–Trinajstić information content (AvgIpc) is 2.35. The standard InChI is InChI=1S/C10H10BrClF4N2O2S/c11-7-5(12)4-6(8(13)9(7)17)21(19,20)18-3-1-2-10(14,15)16/h4,18H,1-3,17H2. The molecule has 1 rings (SSSR count). The normalized spacial score (nSPS) is 12.7. The third-order valence-electron chi connectivity index (χ3n) is 2.38. The van der Waals surface area contributed by atoms with Gasteiger partial charge in [0, 0.05) is 13.0 Å². The van der Waals surface area contributed by atoms with Gasteiger partial charge in [0.1, 0.15) is 4.90 Å². The molecule has 120 valence electrons. The number of benzene rings is 1. The van der Waals surface area contributed by atoms with Crippen molar-refractivity contribution in [2.24, 2.45) is 0 Å². The smallest absolute Gasteiger partial charge is 0.389 e. The minimum Gasteiger partial charge on any atom is -0.395 e. The van der Waals surface area contributed by atoms with Gasteiger partial charge < -0.3 is 5.73 Å². The molecule has 3 N–H and O–H groups in total. The Balaban J connectivity index is 2.90. The summed E-state index contributed by atoms with van der Waals surface area (Å²) in [5.74, 6) is -1.23. The van der Waals surface area contributed by atoms with Crippen molar-refractivity contribution in [3.8, 4) is 0 Å². The van der Waals surface area contributed by atoms with Crippen LogP contribution in [0.2, 0.25) is 5.02 Å². The van der Waals surface area contributed by atoms with Crippen molar-refractivity contribution in [2.75, 3.05) is 12.3 Å². The molecule has 0 aliphatic rings. The van der Waals surface area contributed by atoms with E-state index in [0.29, 0.717) is 0 Å². The number of hydrogen-bond donors (Lipinski definition) is 2. The Morgan fingerprint density at radius 2 is 1.95 bits per heavy atom. The molecule has 0 unspecified atom stereocenters. The zero-order valence-corrected chi connectivity index (χ0v) is 13.4. The molecular formula is C10H10BrClF4N2O2S. The number of nitrogens with one attached hydrogen (secondary N) is 1. The second-order valence-electron chi connectivity index (χ2n) is 4.01. The molecule has 0 radical (unpaired) electrons. The van der Waals surface area contributed by atoms with Crippen LogP contribution in [0.3, 0.4) is 0 Å². The van der Waals surface area contributed by atoms with Crippen LogP contribution in [0.4, 0.5) is 23.2 Å². The van der Waals surface area contributed by atoms with Crippen LogP contribution in [0.25, 0.3) is 0 Å². The van der Waals surface area contributed by atoms with E-state index in [9.17, 15) is 26.0 Å². The van der Waals surface area contributed by atoms with E-state index in [-0.39, 0.29) is 9.50 Å². The second-order valence-corrected chi connectivity index (χ2v) is 6.95. The number of sulfonamides is 1. The van der Waals surface area contributed by atoms with Crippen molar-refractivity contribution >= 4 is 43.2 Å². The molecule has 21 heavy (non-hydrogen) atoms. The number of nitrogens with two attached hydrogens (primary N) is 1. The van der Waals surface area contributed by atoms with Gasteiger partial charge in [0.05, 0.1) is 15.2 Å². The van der Waals surface area contributed by atoms with Crippen LogP contribution in [0.15, 0.2) is 15.4 Å². The first kappa shape index (κ1) is 18.5. The highest BCUT2D eigenvalue weighted by atomic mass is 79.9. The summed E-state index contributed by atoms with van der Waals surface area (Å²) in [5.41, 5.74) is 4.84. The van der Waals surface area contributed by atoms with Gasteiger partial charge in [-0.25, -0.2) is 17.5 Å². The highest BCUT2D eigenvalue weighted by Crippen LogP contribution is 2.34. The molecular weight excluding hydrogens is 404 g/mol. The van der Waals surface area contributed by atoms with Crippen LogP contribution in [0.1, 0.15) is 12.8 Å². The summed E-state index contributed by atoms with van der Waals surface area (Å²) >= 11 is 8.56. The molecule has 0 atom stereocenters. The lowest BCUT2D eigenvalue weighted by Crippen LogP contribution is -2.27. The molecule has 11 heteroatoms. The van der Waals surface area contributed by atoms with Crippen LogP contribution in [-0.2, 0) is 10.0 Å². The minimum absolute atomic E-state index is 0.00214. The molecule has 1 aromatic carbocycles. The van der Waals surface area contributed by atoms with E-state index in [0.717, 1.165) is 6.07 Å². The molecule has 0 saturated carbocycles. The van der Waals surface area contributed by atoms with Crippen molar-refractivity contribution in [3.05, 3.63) is 21.4 Å². The fraction of sp³-hybridized carbons (Fsp3) is 0.400. The number of alkyl halides is 3. The van der Waals surface area contributed by atoms with E-state index in [1.54, 1.807) is 0 Å². The van der Waals surface area contributed by atoms with E-state index in [1.165, 1.54) is 0 Å². The monoisotopic (exact) mass is 412 g/mol. The molecule has 0 saturated heterocycles. The summed E-state index contributed by atoms with van der Waals surface area (Å²) in [4.78, 5) is -0.819. The highest BCUT2D eigenvalue weighted by Gasteiger charge is 2.27. The van der Waals surface area contributed by atoms with Crippen molar-refractivity contribution in [3.63, 3.8) is 0 Å². The molecule has 0 aliphatic carbocycles. The number of halogens is 6. The maximum absolute atomic E-state index is 13.8. The number of nitrogen functional groups attached to an aromatic ring is 1. The predicted molar refractivity (Wildman–Crippen MR) is 74.0 cm³/mol. The molecule has 0 bridgehead atoms. The quantitative estimate of drug-likeness (QED) is 0.336. The van der Waals surface area contributed by atoms with Gasteiger partial charge in [-0.2, -0.15) is 13.2 Å². The van der Waals surface area contributed by atoms with Crippen LogP contribution in [0, 0.1) is 5.82 Å². The second kappa shape index (κ2) is 6.67. The topological polar surface area (TPSA) is 72.2 Å². The lowest BCUT2D eigenvalue weighted by atomic mass is 10.3. The Bertz CT molecular complexity index is 637. The number of rotatable bonds is 5. The van der Waals surface area contributed by atoms with E-state index >= 15 is 0 Å². The van der Waals surface area contributed by atoms with E-state index in [1.807, 2.05) is 4.72 Å². The van der Waals surface area contributed by atoms with Gasteiger partial charge >= 0.3 is 6.18 Å². The van der Waals surface area contributed by atoms with Crippen LogP contribution in [-0.4, -0.2) is 21.1 Å². The van der Waals surface area contributed by atoms with E-state index in [2.05, 4.69) is 15.9 Å². The van der Waals surface area contributed by atoms with Crippen LogP contribution < -0.4 is 10.5 Å². The van der Waals surface area contributed by atoms with Gasteiger partial charge in [0.15, 0.2) is 5.82 Å². The van der Waals surface area contributed by atoms with E-state index < -0.39 is 52.0 Å². The summed E-state index contributed by atoms with van der Waals surface area (Å²) < 4.78 is 75.2. The molecule has 0 heterocycles.